The highest BCUT2D eigenvalue weighted by Gasteiger charge is 2.43. The van der Waals surface area contributed by atoms with Gasteiger partial charge in [-0.2, -0.15) is 0 Å². The zero-order valence-electron chi connectivity index (χ0n) is 11.6. The van der Waals surface area contributed by atoms with E-state index in [0.29, 0.717) is 5.54 Å². The molecule has 2 aliphatic heterocycles. The summed E-state index contributed by atoms with van der Waals surface area (Å²) >= 11 is 0. The van der Waals surface area contributed by atoms with Gasteiger partial charge in [-0.3, -0.25) is 4.90 Å². The maximum atomic E-state index is 3.67. The number of hydrogen-bond acceptors (Lipinski definition) is 2. The molecule has 3 rings (SSSR count). The lowest BCUT2D eigenvalue weighted by atomic mass is 9.73. The fourth-order valence-corrected chi connectivity index (χ4v) is 4.38. The van der Waals surface area contributed by atoms with Crippen molar-refractivity contribution in [1.29, 1.82) is 0 Å². The summed E-state index contributed by atoms with van der Waals surface area (Å²) in [5, 5.41) is 3.67. The van der Waals surface area contributed by atoms with Gasteiger partial charge in [0, 0.05) is 24.7 Å². The quantitative estimate of drug-likeness (QED) is 0.753. The molecule has 0 amide bonds. The number of hydrogen-bond donors (Lipinski definition) is 1. The van der Waals surface area contributed by atoms with E-state index < -0.39 is 0 Å². The Bertz CT molecular complexity index is 279. The van der Waals surface area contributed by atoms with Crippen molar-refractivity contribution in [2.75, 3.05) is 19.6 Å². The van der Waals surface area contributed by atoms with Crippen molar-refractivity contribution in [3.63, 3.8) is 0 Å². The maximum absolute atomic E-state index is 3.67. The van der Waals surface area contributed by atoms with Crippen molar-refractivity contribution >= 4 is 0 Å². The molecule has 17 heavy (non-hydrogen) atoms. The average molecular weight is 236 g/mol. The molecule has 0 radical (unpaired) electrons. The Kier molecular flexibility index (Phi) is 2.99. The third-order valence-electron chi connectivity index (χ3n) is 5.46. The number of rotatable bonds is 1. The summed E-state index contributed by atoms with van der Waals surface area (Å²) in [4.78, 5) is 2.80. The molecule has 1 aliphatic carbocycles. The number of likely N-dealkylation sites (tertiary alicyclic amines) is 1. The van der Waals surface area contributed by atoms with Gasteiger partial charge >= 0.3 is 0 Å². The molecule has 98 valence electrons. The van der Waals surface area contributed by atoms with E-state index >= 15 is 0 Å². The predicted octanol–water partition coefficient (Wildman–Crippen LogP) is 2.78. The molecule has 1 saturated carbocycles. The van der Waals surface area contributed by atoms with Crippen LogP contribution in [0.5, 0.6) is 0 Å². The Morgan fingerprint density at radius 3 is 2.47 bits per heavy atom. The Morgan fingerprint density at radius 1 is 1.06 bits per heavy atom. The van der Waals surface area contributed by atoms with E-state index in [1.54, 1.807) is 0 Å². The topological polar surface area (TPSA) is 15.3 Å². The zero-order valence-corrected chi connectivity index (χ0v) is 11.6. The molecule has 1 atom stereocenters. The second kappa shape index (κ2) is 4.24. The van der Waals surface area contributed by atoms with Gasteiger partial charge in [0.2, 0.25) is 0 Å². The first-order valence-corrected chi connectivity index (χ1v) is 7.58. The molecule has 0 bridgehead atoms. The highest BCUT2D eigenvalue weighted by atomic mass is 15.2. The lowest BCUT2D eigenvalue weighted by molar-refractivity contribution is 0.164. The van der Waals surface area contributed by atoms with E-state index in [1.165, 1.54) is 64.6 Å². The van der Waals surface area contributed by atoms with Gasteiger partial charge in [-0.15, -0.1) is 0 Å². The molecule has 2 saturated heterocycles. The van der Waals surface area contributed by atoms with Crippen LogP contribution in [0, 0.1) is 5.41 Å². The van der Waals surface area contributed by atoms with Gasteiger partial charge < -0.3 is 5.32 Å². The van der Waals surface area contributed by atoms with Gasteiger partial charge in [-0.1, -0.05) is 19.3 Å². The molecule has 0 aromatic heterocycles. The minimum Gasteiger partial charge on any atom is -0.310 e. The van der Waals surface area contributed by atoms with Crippen LogP contribution in [0.15, 0.2) is 0 Å². The Hall–Kier alpha value is -0.0800. The molecular weight excluding hydrogens is 208 g/mol. The van der Waals surface area contributed by atoms with E-state index in [-0.39, 0.29) is 0 Å². The van der Waals surface area contributed by atoms with Crippen molar-refractivity contribution in [3.05, 3.63) is 0 Å². The van der Waals surface area contributed by atoms with Crippen molar-refractivity contribution in [2.24, 2.45) is 5.41 Å². The minimum atomic E-state index is 0.368. The monoisotopic (exact) mass is 236 g/mol. The fourth-order valence-electron chi connectivity index (χ4n) is 4.38. The third-order valence-corrected chi connectivity index (χ3v) is 5.46. The molecule has 3 aliphatic rings. The van der Waals surface area contributed by atoms with E-state index in [9.17, 15) is 0 Å². The second-order valence-corrected chi connectivity index (χ2v) is 7.40. The SMILES string of the molecule is CC1(C)CC(N2CCC3(CCCCC3)C2)CN1. The van der Waals surface area contributed by atoms with Crippen molar-refractivity contribution < 1.29 is 0 Å². The Morgan fingerprint density at radius 2 is 1.82 bits per heavy atom. The summed E-state index contributed by atoms with van der Waals surface area (Å²) in [6, 6.07) is 0.811. The molecule has 0 aromatic carbocycles. The van der Waals surface area contributed by atoms with Crippen LogP contribution < -0.4 is 5.32 Å². The zero-order chi connectivity index (χ0) is 11.9. The highest BCUT2D eigenvalue weighted by Crippen LogP contribution is 2.44. The lowest BCUT2D eigenvalue weighted by Gasteiger charge is -2.34. The highest BCUT2D eigenvalue weighted by molar-refractivity contribution is 5.00. The van der Waals surface area contributed by atoms with Gasteiger partial charge in [0.15, 0.2) is 0 Å². The van der Waals surface area contributed by atoms with Crippen molar-refractivity contribution in [3.8, 4) is 0 Å². The van der Waals surface area contributed by atoms with Crippen LogP contribution in [0.2, 0.25) is 0 Å². The number of nitrogens with zero attached hydrogens (tertiary/aromatic N) is 1. The standard InChI is InChI=1S/C15H28N2/c1-14(2)10-13(11-16-14)17-9-8-15(12-17)6-4-3-5-7-15/h13,16H,3-12H2,1-2H3. The van der Waals surface area contributed by atoms with Gasteiger partial charge in [-0.05, 0) is 51.5 Å². The van der Waals surface area contributed by atoms with Crippen LogP contribution in [-0.2, 0) is 0 Å². The van der Waals surface area contributed by atoms with E-state index in [2.05, 4.69) is 24.1 Å². The Balaban J connectivity index is 1.60. The molecule has 1 spiro atoms. The molecule has 0 aromatic rings. The van der Waals surface area contributed by atoms with Gasteiger partial charge in [-0.25, -0.2) is 0 Å². The minimum absolute atomic E-state index is 0.368. The average Bonchev–Trinajstić information content (AvgIpc) is 2.84. The molecule has 2 heterocycles. The van der Waals surface area contributed by atoms with Crippen LogP contribution in [0.1, 0.15) is 58.8 Å². The molecule has 1 unspecified atom stereocenters. The largest absolute Gasteiger partial charge is 0.310 e. The van der Waals surface area contributed by atoms with Crippen LogP contribution in [0.4, 0.5) is 0 Å². The predicted molar refractivity (Wildman–Crippen MR) is 72.2 cm³/mol. The summed E-state index contributed by atoms with van der Waals surface area (Å²) in [5.74, 6) is 0. The summed E-state index contributed by atoms with van der Waals surface area (Å²) < 4.78 is 0. The maximum Gasteiger partial charge on any atom is 0.0238 e. The van der Waals surface area contributed by atoms with E-state index in [0.717, 1.165) is 11.5 Å². The summed E-state index contributed by atoms with van der Waals surface area (Å²) in [5.41, 5.74) is 1.10. The molecular formula is C15H28N2. The summed E-state index contributed by atoms with van der Waals surface area (Å²) in [6.45, 7) is 8.67. The summed E-state index contributed by atoms with van der Waals surface area (Å²) in [6.07, 6.45) is 10.3. The van der Waals surface area contributed by atoms with Crippen molar-refractivity contribution in [2.45, 2.75) is 70.4 Å². The summed E-state index contributed by atoms with van der Waals surface area (Å²) in [7, 11) is 0. The normalized spacial score (nSPS) is 36.7. The first-order valence-electron chi connectivity index (χ1n) is 7.58. The first kappa shape index (κ1) is 12.0. The van der Waals surface area contributed by atoms with Crippen molar-refractivity contribution in [1.82, 2.24) is 10.2 Å². The molecule has 2 nitrogen and oxygen atoms in total. The van der Waals surface area contributed by atoms with Gasteiger partial charge in [0.1, 0.15) is 0 Å². The van der Waals surface area contributed by atoms with Crippen LogP contribution in [0.25, 0.3) is 0 Å². The first-order chi connectivity index (χ1) is 8.09. The molecule has 3 fully saturated rings. The fraction of sp³-hybridized carbons (Fsp3) is 1.00. The van der Waals surface area contributed by atoms with Gasteiger partial charge in [0.05, 0.1) is 0 Å². The van der Waals surface area contributed by atoms with Crippen LogP contribution in [0.3, 0.4) is 0 Å². The third kappa shape index (κ3) is 2.39. The lowest BCUT2D eigenvalue weighted by Crippen LogP contribution is -2.37. The Labute approximate surface area is 106 Å². The van der Waals surface area contributed by atoms with E-state index in [1.807, 2.05) is 0 Å². The molecule has 2 heteroatoms. The number of nitrogens with one attached hydrogen (secondary N) is 1. The smallest absolute Gasteiger partial charge is 0.0238 e. The second-order valence-electron chi connectivity index (χ2n) is 7.40. The van der Waals surface area contributed by atoms with Gasteiger partial charge in [0.25, 0.3) is 0 Å². The van der Waals surface area contributed by atoms with E-state index in [4.69, 9.17) is 0 Å². The van der Waals surface area contributed by atoms with Crippen LogP contribution >= 0.6 is 0 Å². The van der Waals surface area contributed by atoms with Crippen LogP contribution in [-0.4, -0.2) is 36.1 Å². The molecule has 1 N–H and O–H groups in total.